The molecule has 0 spiro atoms. The molecule has 0 aromatic heterocycles. The van der Waals surface area contributed by atoms with E-state index in [1.807, 2.05) is 18.2 Å². The minimum Gasteiger partial charge on any atom is -0.497 e. The molecule has 0 amide bonds. The maximum absolute atomic E-state index is 5.44. The van der Waals surface area contributed by atoms with Crippen LogP contribution in [-0.4, -0.2) is 49.9 Å². The highest BCUT2D eigenvalue weighted by Crippen LogP contribution is 2.29. The first-order valence-corrected chi connectivity index (χ1v) is 8.59. The Bertz CT molecular complexity index is 517. The van der Waals surface area contributed by atoms with E-state index in [1.165, 1.54) is 13.0 Å². The average Bonchev–Trinajstić information content (AvgIpc) is 2.57. The summed E-state index contributed by atoms with van der Waals surface area (Å²) in [4.78, 5) is 2.52. The minimum atomic E-state index is 0.437. The van der Waals surface area contributed by atoms with Gasteiger partial charge in [0.1, 0.15) is 11.5 Å². The summed E-state index contributed by atoms with van der Waals surface area (Å²) in [5.74, 6) is 1.47. The monoisotopic (exact) mass is 337 g/mol. The van der Waals surface area contributed by atoms with Crippen LogP contribution in [0.5, 0.6) is 11.5 Å². The zero-order chi connectivity index (χ0) is 16.7. The molecule has 6 heteroatoms. The molecule has 0 unspecified atom stereocenters. The molecule has 5 nitrogen and oxygen atoms in total. The summed E-state index contributed by atoms with van der Waals surface area (Å²) in [7, 11) is 3.28. The lowest BCUT2D eigenvalue weighted by Crippen LogP contribution is -2.46. The fourth-order valence-electron chi connectivity index (χ4n) is 2.86. The first-order chi connectivity index (χ1) is 11.2. The number of piperidine rings is 1. The number of benzene rings is 1. The Morgan fingerprint density at radius 3 is 2.61 bits per heavy atom. The molecule has 1 fully saturated rings. The second-order valence-electron chi connectivity index (χ2n) is 5.78. The molecule has 1 saturated heterocycles. The molecule has 1 aromatic rings. The van der Waals surface area contributed by atoms with E-state index in [9.17, 15) is 0 Å². The van der Waals surface area contributed by atoms with E-state index in [0.717, 1.165) is 37.4 Å². The number of likely N-dealkylation sites (tertiary alicyclic amines) is 1. The normalized spacial score (nSPS) is 16.0. The molecule has 0 radical (unpaired) electrons. The molecule has 128 valence electrons. The highest BCUT2D eigenvalue weighted by molar-refractivity contribution is 7.80. The number of ether oxygens (including phenoxy) is 2. The molecule has 0 aliphatic carbocycles. The van der Waals surface area contributed by atoms with Crippen LogP contribution in [0.4, 0.5) is 5.69 Å². The fourth-order valence-corrected chi connectivity index (χ4v) is 3.14. The van der Waals surface area contributed by atoms with Crippen LogP contribution in [0.3, 0.4) is 0 Å². The number of nitrogens with zero attached hydrogens (tertiary/aromatic N) is 1. The van der Waals surface area contributed by atoms with E-state index in [-0.39, 0.29) is 0 Å². The first kappa shape index (κ1) is 17.8. The minimum absolute atomic E-state index is 0.437. The van der Waals surface area contributed by atoms with Crippen LogP contribution in [0.15, 0.2) is 18.2 Å². The zero-order valence-corrected chi connectivity index (χ0v) is 15.0. The van der Waals surface area contributed by atoms with Crippen LogP contribution < -0.4 is 20.1 Å². The van der Waals surface area contributed by atoms with Gasteiger partial charge >= 0.3 is 0 Å². The van der Waals surface area contributed by atoms with Crippen molar-refractivity contribution in [2.75, 3.05) is 39.2 Å². The standard InChI is InChI=1S/C17H27N3O2S/c1-4-9-20-10-7-13(8-11-20)18-17(23)19-15-6-5-14(21-2)12-16(15)22-3/h5-6,12-13H,4,7-11H2,1-3H3,(H2,18,19,23). The third kappa shape index (κ3) is 5.25. The van der Waals surface area contributed by atoms with E-state index in [4.69, 9.17) is 21.7 Å². The molecule has 1 aliphatic heterocycles. The van der Waals surface area contributed by atoms with E-state index in [0.29, 0.717) is 16.9 Å². The Labute approximate surface area is 144 Å². The number of hydrogen-bond acceptors (Lipinski definition) is 4. The molecular formula is C17H27N3O2S. The van der Waals surface area contributed by atoms with Gasteiger partial charge in [0.05, 0.1) is 19.9 Å². The molecule has 0 bridgehead atoms. The predicted octanol–water partition coefficient (Wildman–Crippen LogP) is 2.86. The van der Waals surface area contributed by atoms with Gasteiger partial charge in [0.15, 0.2) is 5.11 Å². The Balaban J connectivity index is 1.86. The van der Waals surface area contributed by atoms with Crippen molar-refractivity contribution < 1.29 is 9.47 Å². The maximum Gasteiger partial charge on any atom is 0.171 e. The molecule has 1 aliphatic rings. The van der Waals surface area contributed by atoms with E-state index >= 15 is 0 Å². The van der Waals surface area contributed by atoms with Gasteiger partial charge in [-0.05, 0) is 50.2 Å². The van der Waals surface area contributed by atoms with Crippen molar-refractivity contribution in [2.45, 2.75) is 32.2 Å². The molecule has 1 heterocycles. The van der Waals surface area contributed by atoms with E-state index < -0.39 is 0 Å². The van der Waals surface area contributed by atoms with Crippen molar-refractivity contribution in [1.82, 2.24) is 10.2 Å². The maximum atomic E-state index is 5.44. The summed E-state index contributed by atoms with van der Waals surface area (Å²) < 4.78 is 10.6. The van der Waals surface area contributed by atoms with Crippen LogP contribution in [-0.2, 0) is 0 Å². The van der Waals surface area contributed by atoms with E-state index in [1.54, 1.807) is 14.2 Å². The second-order valence-corrected chi connectivity index (χ2v) is 6.19. The summed E-state index contributed by atoms with van der Waals surface area (Å²) in [6.07, 6.45) is 3.47. The second kappa shape index (κ2) is 8.93. The number of thiocarbonyl (C=S) groups is 1. The molecular weight excluding hydrogens is 310 g/mol. The smallest absolute Gasteiger partial charge is 0.171 e. The van der Waals surface area contributed by atoms with Crippen molar-refractivity contribution in [1.29, 1.82) is 0 Å². The van der Waals surface area contributed by atoms with Gasteiger partial charge in [-0.1, -0.05) is 6.92 Å². The number of rotatable bonds is 6. The summed E-state index contributed by atoms with van der Waals surface area (Å²) >= 11 is 5.44. The molecule has 23 heavy (non-hydrogen) atoms. The van der Waals surface area contributed by atoms with Crippen LogP contribution >= 0.6 is 12.2 Å². The largest absolute Gasteiger partial charge is 0.497 e. The van der Waals surface area contributed by atoms with Gasteiger partial charge in [-0.15, -0.1) is 0 Å². The van der Waals surface area contributed by atoms with Crippen LogP contribution in [0.2, 0.25) is 0 Å². The molecule has 2 rings (SSSR count). The lowest BCUT2D eigenvalue weighted by Gasteiger charge is -2.32. The fraction of sp³-hybridized carbons (Fsp3) is 0.588. The molecule has 0 atom stereocenters. The summed E-state index contributed by atoms with van der Waals surface area (Å²) in [6.45, 7) is 5.70. The lowest BCUT2D eigenvalue weighted by atomic mass is 10.1. The van der Waals surface area contributed by atoms with Gasteiger partial charge in [-0.25, -0.2) is 0 Å². The van der Waals surface area contributed by atoms with Crippen molar-refractivity contribution in [3.8, 4) is 11.5 Å². The van der Waals surface area contributed by atoms with Crippen LogP contribution in [0, 0.1) is 0 Å². The Morgan fingerprint density at radius 2 is 2.00 bits per heavy atom. The Morgan fingerprint density at radius 1 is 1.26 bits per heavy atom. The van der Waals surface area contributed by atoms with Crippen molar-refractivity contribution in [3.63, 3.8) is 0 Å². The van der Waals surface area contributed by atoms with Crippen molar-refractivity contribution in [2.24, 2.45) is 0 Å². The zero-order valence-electron chi connectivity index (χ0n) is 14.2. The summed E-state index contributed by atoms with van der Waals surface area (Å²) in [5.41, 5.74) is 0.842. The van der Waals surface area contributed by atoms with Crippen LogP contribution in [0.25, 0.3) is 0 Å². The molecule has 1 aromatic carbocycles. The average molecular weight is 337 g/mol. The van der Waals surface area contributed by atoms with Gasteiger partial charge in [0, 0.05) is 25.2 Å². The highest BCUT2D eigenvalue weighted by atomic mass is 32.1. The van der Waals surface area contributed by atoms with E-state index in [2.05, 4.69) is 22.5 Å². The van der Waals surface area contributed by atoms with Crippen LogP contribution in [0.1, 0.15) is 26.2 Å². The number of methoxy groups -OCH3 is 2. The summed E-state index contributed by atoms with van der Waals surface area (Å²) in [6, 6.07) is 6.08. The lowest BCUT2D eigenvalue weighted by molar-refractivity contribution is 0.207. The topological polar surface area (TPSA) is 45.8 Å². The summed E-state index contributed by atoms with van der Waals surface area (Å²) in [5, 5.41) is 7.28. The third-order valence-electron chi connectivity index (χ3n) is 4.12. The Hall–Kier alpha value is -1.53. The Kier molecular flexibility index (Phi) is 6.92. The van der Waals surface area contributed by atoms with Crippen molar-refractivity contribution in [3.05, 3.63) is 18.2 Å². The number of anilines is 1. The van der Waals surface area contributed by atoms with Gasteiger partial charge in [0.25, 0.3) is 0 Å². The van der Waals surface area contributed by atoms with Crippen molar-refractivity contribution >= 4 is 23.0 Å². The van der Waals surface area contributed by atoms with Gasteiger partial charge in [0.2, 0.25) is 0 Å². The number of hydrogen-bond donors (Lipinski definition) is 2. The van der Waals surface area contributed by atoms with Gasteiger partial charge in [-0.3, -0.25) is 0 Å². The quantitative estimate of drug-likeness (QED) is 0.779. The molecule has 0 saturated carbocycles. The van der Waals surface area contributed by atoms with Gasteiger partial charge < -0.3 is 25.0 Å². The first-order valence-electron chi connectivity index (χ1n) is 8.18. The molecule has 2 N–H and O–H groups in total. The SMILES string of the molecule is CCCN1CCC(NC(=S)Nc2ccc(OC)cc2OC)CC1. The third-order valence-corrected chi connectivity index (χ3v) is 4.34. The predicted molar refractivity (Wildman–Crippen MR) is 98.7 cm³/mol. The highest BCUT2D eigenvalue weighted by Gasteiger charge is 2.19. The number of nitrogens with one attached hydrogen (secondary N) is 2. The van der Waals surface area contributed by atoms with Gasteiger partial charge in [-0.2, -0.15) is 0 Å².